The number of nitrogens with one attached hydrogen (secondary N) is 1. The van der Waals surface area contributed by atoms with Crippen molar-refractivity contribution in [2.24, 2.45) is 0 Å². The average molecular weight is 429 g/mol. The third kappa shape index (κ3) is 6.38. The van der Waals surface area contributed by atoms with Crippen LogP contribution in [0.15, 0.2) is 72.8 Å². The molecule has 1 N–H and O–H groups in total. The molecule has 0 aliphatic heterocycles. The van der Waals surface area contributed by atoms with Gasteiger partial charge in [0.05, 0.1) is 0 Å². The second-order valence-corrected chi connectivity index (χ2v) is 8.04. The number of carbonyl (C=O) groups is 2. The van der Waals surface area contributed by atoms with Crippen LogP contribution in [0.4, 0.5) is 0 Å². The summed E-state index contributed by atoms with van der Waals surface area (Å²) in [7, 11) is 0. The highest BCUT2D eigenvalue weighted by Gasteiger charge is 2.10. The van der Waals surface area contributed by atoms with Crippen molar-refractivity contribution < 1.29 is 9.59 Å². The molecule has 0 bridgehead atoms. The lowest BCUT2D eigenvalue weighted by atomic mass is 10.0. The smallest absolute Gasteiger partial charge is 0.251 e. The summed E-state index contributed by atoms with van der Waals surface area (Å²) in [4.78, 5) is 26.7. The molecule has 0 unspecified atom stereocenters. The fourth-order valence-electron chi connectivity index (χ4n) is 3.77. The van der Waals surface area contributed by atoms with E-state index in [-0.39, 0.29) is 11.7 Å². The Kier molecular flexibility index (Phi) is 8.34. The SMILES string of the molecule is CCN(CC)Cc1ccccc1CNC(=O)c1cccc(Cc2ccc(C(C)=O)cc2)c1. The van der Waals surface area contributed by atoms with Gasteiger partial charge in [0.2, 0.25) is 0 Å². The minimum Gasteiger partial charge on any atom is -0.348 e. The third-order valence-electron chi connectivity index (χ3n) is 5.80. The number of amides is 1. The fourth-order valence-corrected chi connectivity index (χ4v) is 3.77. The first-order valence-electron chi connectivity index (χ1n) is 11.3. The van der Waals surface area contributed by atoms with E-state index < -0.39 is 0 Å². The van der Waals surface area contributed by atoms with E-state index in [9.17, 15) is 9.59 Å². The minimum atomic E-state index is -0.0728. The van der Waals surface area contributed by atoms with Crippen LogP contribution in [0.1, 0.15) is 63.7 Å². The van der Waals surface area contributed by atoms with Gasteiger partial charge < -0.3 is 5.32 Å². The standard InChI is InChI=1S/C28H32N2O2/c1-4-30(5-2)20-27-11-7-6-10-26(27)19-29-28(32)25-12-8-9-23(18-25)17-22-13-15-24(16-14-22)21(3)31/h6-16,18H,4-5,17,19-20H2,1-3H3,(H,29,32). The van der Waals surface area contributed by atoms with Crippen molar-refractivity contribution in [3.05, 3.63) is 106 Å². The van der Waals surface area contributed by atoms with Gasteiger partial charge in [0, 0.05) is 24.2 Å². The van der Waals surface area contributed by atoms with Gasteiger partial charge in [0.1, 0.15) is 0 Å². The molecule has 0 saturated carbocycles. The highest BCUT2D eigenvalue weighted by molar-refractivity contribution is 5.94. The van der Waals surface area contributed by atoms with Gasteiger partial charge in [-0.2, -0.15) is 0 Å². The van der Waals surface area contributed by atoms with Gasteiger partial charge in [0.25, 0.3) is 5.91 Å². The Morgan fingerprint density at radius 3 is 2.12 bits per heavy atom. The van der Waals surface area contributed by atoms with Gasteiger partial charge >= 0.3 is 0 Å². The third-order valence-corrected chi connectivity index (χ3v) is 5.80. The monoisotopic (exact) mass is 428 g/mol. The summed E-state index contributed by atoms with van der Waals surface area (Å²) in [6.45, 7) is 9.29. The number of benzene rings is 3. The van der Waals surface area contributed by atoms with Crippen molar-refractivity contribution in [2.75, 3.05) is 13.1 Å². The number of carbonyl (C=O) groups excluding carboxylic acids is 2. The molecule has 3 rings (SSSR count). The molecule has 0 atom stereocenters. The highest BCUT2D eigenvalue weighted by Crippen LogP contribution is 2.15. The number of ketones is 1. The summed E-state index contributed by atoms with van der Waals surface area (Å²) < 4.78 is 0. The zero-order chi connectivity index (χ0) is 22.9. The predicted octanol–water partition coefficient (Wildman–Crippen LogP) is 5.25. The van der Waals surface area contributed by atoms with E-state index in [0.717, 1.165) is 36.3 Å². The van der Waals surface area contributed by atoms with Crippen molar-refractivity contribution in [3.8, 4) is 0 Å². The largest absolute Gasteiger partial charge is 0.348 e. The summed E-state index contributed by atoms with van der Waals surface area (Å²) in [6, 6.07) is 23.7. The molecule has 0 aliphatic rings. The van der Waals surface area contributed by atoms with Crippen LogP contribution >= 0.6 is 0 Å². The number of nitrogens with zero attached hydrogens (tertiary/aromatic N) is 1. The maximum absolute atomic E-state index is 12.8. The molecule has 0 aromatic heterocycles. The van der Waals surface area contributed by atoms with Gasteiger partial charge in [0.15, 0.2) is 5.78 Å². The van der Waals surface area contributed by atoms with Gasteiger partial charge in [-0.25, -0.2) is 0 Å². The molecule has 0 radical (unpaired) electrons. The summed E-state index contributed by atoms with van der Waals surface area (Å²) in [5, 5.41) is 3.08. The number of hydrogen-bond acceptors (Lipinski definition) is 3. The molecular weight excluding hydrogens is 396 g/mol. The Bertz CT molecular complexity index is 1050. The van der Waals surface area contributed by atoms with E-state index >= 15 is 0 Å². The minimum absolute atomic E-state index is 0.0638. The second kappa shape index (κ2) is 11.4. The molecule has 0 heterocycles. The Balaban J connectivity index is 1.65. The first-order chi connectivity index (χ1) is 15.5. The lowest BCUT2D eigenvalue weighted by Gasteiger charge is -2.20. The van der Waals surface area contributed by atoms with E-state index in [1.54, 1.807) is 6.92 Å². The van der Waals surface area contributed by atoms with E-state index in [1.165, 1.54) is 5.56 Å². The van der Waals surface area contributed by atoms with Gasteiger partial charge in [-0.1, -0.05) is 74.5 Å². The Morgan fingerprint density at radius 2 is 1.47 bits per heavy atom. The van der Waals surface area contributed by atoms with Crippen LogP contribution in [-0.4, -0.2) is 29.7 Å². The topological polar surface area (TPSA) is 49.4 Å². The molecule has 32 heavy (non-hydrogen) atoms. The molecule has 4 nitrogen and oxygen atoms in total. The highest BCUT2D eigenvalue weighted by atomic mass is 16.1. The van der Waals surface area contributed by atoms with Crippen molar-refractivity contribution in [3.63, 3.8) is 0 Å². The summed E-state index contributed by atoms with van der Waals surface area (Å²) in [6.07, 6.45) is 0.714. The molecule has 3 aromatic rings. The van der Waals surface area contributed by atoms with Crippen LogP contribution in [0.25, 0.3) is 0 Å². The Hall–Kier alpha value is -3.24. The Labute approximate surface area is 191 Å². The molecule has 4 heteroatoms. The Morgan fingerprint density at radius 1 is 0.781 bits per heavy atom. The van der Waals surface area contributed by atoms with Gasteiger partial charge in [-0.15, -0.1) is 0 Å². The van der Waals surface area contributed by atoms with E-state index in [0.29, 0.717) is 24.1 Å². The molecule has 0 aliphatic carbocycles. The summed E-state index contributed by atoms with van der Waals surface area (Å²) in [5.74, 6) is -0.00897. The maximum Gasteiger partial charge on any atom is 0.251 e. The average Bonchev–Trinajstić information content (AvgIpc) is 2.82. The van der Waals surface area contributed by atoms with Crippen molar-refractivity contribution in [1.82, 2.24) is 10.2 Å². The normalized spacial score (nSPS) is 10.9. The maximum atomic E-state index is 12.8. The van der Waals surface area contributed by atoms with Gasteiger partial charge in [-0.3, -0.25) is 14.5 Å². The zero-order valence-corrected chi connectivity index (χ0v) is 19.2. The molecular formula is C28H32N2O2. The molecule has 0 saturated heterocycles. The van der Waals surface area contributed by atoms with Crippen LogP contribution < -0.4 is 5.32 Å². The molecule has 0 spiro atoms. The van der Waals surface area contributed by atoms with Crippen LogP contribution in [0.3, 0.4) is 0 Å². The van der Waals surface area contributed by atoms with Gasteiger partial charge in [-0.05, 0) is 60.8 Å². The predicted molar refractivity (Wildman–Crippen MR) is 130 cm³/mol. The molecule has 1 amide bonds. The number of hydrogen-bond donors (Lipinski definition) is 1. The zero-order valence-electron chi connectivity index (χ0n) is 19.2. The van der Waals surface area contributed by atoms with Crippen LogP contribution in [0.2, 0.25) is 0 Å². The summed E-state index contributed by atoms with van der Waals surface area (Å²) in [5.41, 5.74) is 5.94. The number of rotatable bonds is 10. The quantitative estimate of drug-likeness (QED) is 0.449. The van der Waals surface area contributed by atoms with E-state index in [2.05, 4.69) is 42.3 Å². The van der Waals surface area contributed by atoms with Crippen molar-refractivity contribution in [2.45, 2.75) is 40.3 Å². The molecule has 3 aromatic carbocycles. The first kappa shape index (κ1) is 23.4. The van der Waals surface area contributed by atoms with Crippen LogP contribution in [-0.2, 0) is 19.5 Å². The van der Waals surface area contributed by atoms with E-state index in [1.807, 2.05) is 54.6 Å². The van der Waals surface area contributed by atoms with Crippen molar-refractivity contribution in [1.29, 1.82) is 0 Å². The molecule has 166 valence electrons. The lowest BCUT2D eigenvalue weighted by molar-refractivity contribution is 0.0949. The van der Waals surface area contributed by atoms with E-state index in [4.69, 9.17) is 0 Å². The second-order valence-electron chi connectivity index (χ2n) is 8.04. The van der Waals surface area contributed by atoms with Crippen molar-refractivity contribution >= 4 is 11.7 Å². The lowest BCUT2D eigenvalue weighted by Crippen LogP contribution is -2.26. The molecule has 0 fully saturated rings. The first-order valence-corrected chi connectivity index (χ1v) is 11.3. The fraction of sp³-hybridized carbons (Fsp3) is 0.286. The van der Waals surface area contributed by atoms with Crippen LogP contribution in [0, 0.1) is 0 Å². The summed E-state index contributed by atoms with van der Waals surface area (Å²) >= 11 is 0. The number of Topliss-reactive ketones (excluding diaryl/α,β-unsaturated/α-hetero) is 1. The van der Waals surface area contributed by atoms with Crippen LogP contribution in [0.5, 0.6) is 0 Å².